The fourth-order valence-corrected chi connectivity index (χ4v) is 3.64. The molecule has 25 heavy (non-hydrogen) atoms. The zero-order valence-corrected chi connectivity index (χ0v) is 16.1. The summed E-state index contributed by atoms with van der Waals surface area (Å²) in [5.74, 6) is 0.442. The van der Waals surface area contributed by atoms with Crippen LogP contribution in [0.5, 0.6) is 11.5 Å². The molecule has 2 N–H and O–H groups in total. The zero-order valence-electron chi connectivity index (χ0n) is 13.7. The van der Waals surface area contributed by atoms with Gasteiger partial charge in [0.05, 0.1) is 25.2 Å². The molecule has 3 aromatic rings. The summed E-state index contributed by atoms with van der Waals surface area (Å²) in [6.45, 7) is 1.93. The molecule has 0 atom stereocenters. The van der Waals surface area contributed by atoms with Crippen LogP contribution in [-0.2, 0) is 10.0 Å². The van der Waals surface area contributed by atoms with Crippen molar-refractivity contribution >= 4 is 36.9 Å². The Kier molecular flexibility index (Phi) is 4.48. The third-order valence-corrected chi connectivity index (χ3v) is 5.59. The van der Waals surface area contributed by atoms with Crippen LogP contribution in [-0.4, -0.2) is 27.8 Å². The van der Waals surface area contributed by atoms with E-state index in [9.17, 15) is 8.42 Å². The number of nitrogens with two attached hydrogens (primary N) is 1. The summed E-state index contributed by atoms with van der Waals surface area (Å²) in [4.78, 5) is -0.157. The number of fused-ring (bicyclic) bond motifs is 1. The normalized spacial score (nSPS) is 11.7. The maximum Gasteiger partial charge on any atom is 0.241 e. The summed E-state index contributed by atoms with van der Waals surface area (Å²) in [6, 6.07) is 6.52. The molecule has 7 nitrogen and oxygen atoms in total. The standard InChI is InChI=1S/C16H15BrN2O5S/c1-8-6-9-12(7-10(8)17)24-19-15(9)14-11(22-2)4-5-13(16(14)23-3)25(18,20)21/h4-7H,1-3H3,(H2,18,20,21). The third-order valence-electron chi connectivity index (χ3n) is 3.80. The highest BCUT2D eigenvalue weighted by Crippen LogP contribution is 2.44. The second kappa shape index (κ2) is 6.32. The lowest BCUT2D eigenvalue weighted by molar-refractivity contribution is 0.387. The predicted octanol–water partition coefficient (Wildman–Crippen LogP) is 3.23. The Hall–Kier alpha value is -2.10. The van der Waals surface area contributed by atoms with E-state index in [0.717, 1.165) is 10.0 Å². The van der Waals surface area contributed by atoms with E-state index in [1.807, 2.05) is 13.0 Å². The molecule has 0 fully saturated rings. The number of hydrogen-bond donors (Lipinski definition) is 1. The molecular weight excluding hydrogens is 412 g/mol. The van der Waals surface area contributed by atoms with Gasteiger partial charge >= 0.3 is 0 Å². The molecule has 0 saturated heterocycles. The van der Waals surface area contributed by atoms with Crippen molar-refractivity contribution in [1.29, 1.82) is 0 Å². The summed E-state index contributed by atoms with van der Waals surface area (Å²) in [7, 11) is -1.17. The quantitative estimate of drug-likeness (QED) is 0.686. The van der Waals surface area contributed by atoms with E-state index in [0.29, 0.717) is 28.0 Å². The smallest absolute Gasteiger partial charge is 0.241 e. The number of aryl methyl sites for hydroxylation is 1. The van der Waals surface area contributed by atoms with E-state index in [4.69, 9.17) is 19.1 Å². The maximum absolute atomic E-state index is 11.9. The highest BCUT2D eigenvalue weighted by atomic mass is 79.9. The van der Waals surface area contributed by atoms with Crippen LogP contribution in [0, 0.1) is 6.92 Å². The summed E-state index contributed by atoms with van der Waals surface area (Å²) < 4.78 is 40.8. The highest BCUT2D eigenvalue weighted by Gasteiger charge is 2.26. The molecule has 132 valence electrons. The number of hydrogen-bond acceptors (Lipinski definition) is 6. The molecule has 1 heterocycles. The third kappa shape index (κ3) is 2.99. The van der Waals surface area contributed by atoms with Crippen molar-refractivity contribution in [2.45, 2.75) is 11.8 Å². The Bertz CT molecular complexity index is 1080. The van der Waals surface area contributed by atoms with Crippen molar-refractivity contribution in [1.82, 2.24) is 5.16 Å². The van der Waals surface area contributed by atoms with E-state index in [1.54, 1.807) is 6.07 Å². The fraction of sp³-hybridized carbons (Fsp3) is 0.188. The molecular formula is C16H15BrN2O5S. The Morgan fingerprint density at radius 3 is 2.52 bits per heavy atom. The number of nitrogens with zero attached hydrogens (tertiary/aromatic N) is 1. The van der Waals surface area contributed by atoms with Gasteiger partial charge in [0.25, 0.3) is 0 Å². The van der Waals surface area contributed by atoms with E-state index < -0.39 is 10.0 Å². The molecule has 9 heteroatoms. The number of rotatable bonds is 4. The van der Waals surface area contributed by atoms with E-state index >= 15 is 0 Å². The van der Waals surface area contributed by atoms with Crippen LogP contribution < -0.4 is 14.6 Å². The summed E-state index contributed by atoms with van der Waals surface area (Å²) in [5, 5.41) is 10.1. The topological polar surface area (TPSA) is 105 Å². The number of primary sulfonamides is 1. The molecule has 0 spiro atoms. The maximum atomic E-state index is 11.9. The molecule has 0 amide bonds. The van der Waals surface area contributed by atoms with E-state index in [-0.39, 0.29) is 10.6 Å². The Balaban J connectivity index is 2.42. The minimum atomic E-state index is -4.00. The first kappa shape index (κ1) is 17.7. The van der Waals surface area contributed by atoms with Crippen LogP contribution in [0.15, 0.2) is 38.2 Å². The average molecular weight is 427 g/mol. The predicted molar refractivity (Wildman–Crippen MR) is 96.4 cm³/mol. The minimum Gasteiger partial charge on any atom is -0.496 e. The second-order valence-corrected chi connectivity index (χ2v) is 7.73. The summed E-state index contributed by atoms with van der Waals surface area (Å²) >= 11 is 3.44. The summed E-state index contributed by atoms with van der Waals surface area (Å²) in [6.07, 6.45) is 0. The minimum absolute atomic E-state index is 0.0534. The molecule has 1 aromatic heterocycles. The second-order valence-electron chi connectivity index (χ2n) is 5.35. The first-order valence-corrected chi connectivity index (χ1v) is 9.45. The number of halogens is 1. The van der Waals surface area contributed by atoms with Gasteiger partial charge in [-0.05, 0) is 36.8 Å². The van der Waals surface area contributed by atoms with Crippen LogP contribution in [0.25, 0.3) is 22.2 Å². The molecule has 0 aliphatic carbocycles. The molecule has 0 saturated carbocycles. The largest absolute Gasteiger partial charge is 0.496 e. The lowest BCUT2D eigenvalue weighted by atomic mass is 10.0. The van der Waals surface area contributed by atoms with Gasteiger partial charge in [0.15, 0.2) is 11.3 Å². The number of sulfonamides is 1. The van der Waals surface area contributed by atoms with Crippen LogP contribution >= 0.6 is 15.9 Å². The first-order valence-electron chi connectivity index (χ1n) is 7.11. The van der Waals surface area contributed by atoms with Gasteiger partial charge in [-0.15, -0.1) is 0 Å². The molecule has 0 bridgehead atoms. The first-order chi connectivity index (χ1) is 11.8. The van der Waals surface area contributed by atoms with Gasteiger partial charge in [0, 0.05) is 4.47 Å². The van der Waals surface area contributed by atoms with Gasteiger partial charge in [-0.3, -0.25) is 0 Å². The average Bonchev–Trinajstić information content (AvgIpc) is 2.95. The Labute approximate surface area is 152 Å². The Morgan fingerprint density at radius 1 is 1.20 bits per heavy atom. The molecule has 0 radical (unpaired) electrons. The van der Waals surface area contributed by atoms with Crippen LogP contribution in [0.3, 0.4) is 0 Å². The van der Waals surface area contributed by atoms with Gasteiger partial charge in [0.2, 0.25) is 10.0 Å². The van der Waals surface area contributed by atoms with Crippen molar-refractivity contribution in [3.05, 3.63) is 34.3 Å². The molecule has 0 unspecified atom stereocenters. The summed E-state index contributed by atoms with van der Waals surface area (Å²) in [5.41, 5.74) is 2.27. The monoisotopic (exact) mass is 426 g/mol. The van der Waals surface area contributed by atoms with Crippen LogP contribution in [0.1, 0.15) is 5.56 Å². The van der Waals surface area contributed by atoms with Crippen molar-refractivity contribution in [2.24, 2.45) is 5.14 Å². The van der Waals surface area contributed by atoms with Gasteiger partial charge in [-0.2, -0.15) is 0 Å². The van der Waals surface area contributed by atoms with E-state index in [2.05, 4.69) is 21.1 Å². The van der Waals surface area contributed by atoms with Crippen molar-refractivity contribution in [3.63, 3.8) is 0 Å². The van der Waals surface area contributed by atoms with Crippen molar-refractivity contribution in [3.8, 4) is 22.8 Å². The zero-order chi connectivity index (χ0) is 18.4. The van der Waals surface area contributed by atoms with Crippen LogP contribution in [0.2, 0.25) is 0 Å². The highest BCUT2D eigenvalue weighted by molar-refractivity contribution is 9.10. The molecule has 2 aromatic carbocycles. The van der Waals surface area contributed by atoms with Gasteiger partial charge in [0.1, 0.15) is 16.3 Å². The number of aromatic nitrogens is 1. The molecule has 3 rings (SSSR count). The Morgan fingerprint density at radius 2 is 1.92 bits per heavy atom. The number of methoxy groups -OCH3 is 2. The van der Waals surface area contributed by atoms with Gasteiger partial charge in [-0.1, -0.05) is 21.1 Å². The van der Waals surface area contributed by atoms with Crippen molar-refractivity contribution in [2.75, 3.05) is 14.2 Å². The molecule has 0 aliphatic rings. The van der Waals surface area contributed by atoms with Crippen molar-refractivity contribution < 1.29 is 22.4 Å². The number of benzene rings is 2. The van der Waals surface area contributed by atoms with Gasteiger partial charge in [-0.25, -0.2) is 13.6 Å². The van der Waals surface area contributed by atoms with Gasteiger partial charge < -0.3 is 14.0 Å². The lowest BCUT2D eigenvalue weighted by Gasteiger charge is -2.14. The van der Waals surface area contributed by atoms with Crippen LogP contribution in [0.4, 0.5) is 0 Å². The SMILES string of the molecule is COc1ccc(S(N)(=O)=O)c(OC)c1-c1noc2cc(Br)c(C)cc12. The lowest BCUT2D eigenvalue weighted by Crippen LogP contribution is -2.14. The van der Waals surface area contributed by atoms with E-state index in [1.165, 1.54) is 26.4 Å². The number of ether oxygens (including phenoxy) is 2. The molecule has 0 aliphatic heterocycles. The fourth-order valence-electron chi connectivity index (χ4n) is 2.61.